The molecule has 1 aliphatic rings. The molecule has 0 radical (unpaired) electrons. The summed E-state index contributed by atoms with van der Waals surface area (Å²) in [7, 11) is -3.93. The predicted octanol–water partition coefficient (Wildman–Crippen LogP) is 3.53. The van der Waals surface area contributed by atoms with E-state index in [4.69, 9.17) is 9.57 Å². The zero-order valence-electron chi connectivity index (χ0n) is 21.4. The van der Waals surface area contributed by atoms with Crippen LogP contribution in [0.25, 0.3) is 21.9 Å². The molecule has 12 heteroatoms. The van der Waals surface area contributed by atoms with Gasteiger partial charge in [-0.2, -0.15) is 0 Å². The molecule has 4 rings (SSSR count). The summed E-state index contributed by atoms with van der Waals surface area (Å²) in [6.07, 6.45) is 4.02. The molecule has 9 nitrogen and oxygen atoms in total. The average Bonchev–Trinajstić information content (AvgIpc) is 2.92. The summed E-state index contributed by atoms with van der Waals surface area (Å²) in [6, 6.07) is 8.45. The number of fused-ring (bicyclic) bond motifs is 1. The van der Waals surface area contributed by atoms with Crippen molar-refractivity contribution in [3.05, 3.63) is 70.1 Å². The molecule has 1 unspecified atom stereocenters. The molecule has 0 spiro atoms. The summed E-state index contributed by atoms with van der Waals surface area (Å²) in [6.45, 7) is 1.65. The van der Waals surface area contributed by atoms with Crippen molar-refractivity contribution in [3.8, 4) is 11.1 Å². The monoisotopic (exact) mass is 562 g/mol. The number of pyridine rings is 1. The van der Waals surface area contributed by atoms with E-state index in [1.807, 2.05) is 0 Å². The van der Waals surface area contributed by atoms with Gasteiger partial charge in [-0.1, -0.05) is 12.1 Å². The molecule has 2 atom stereocenters. The molecular weight excluding hydrogens is 534 g/mol. The number of benzene rings is 2. The van der Waals surface area contributed by atoms with Gasteiger partial charge in [0.2, 0.25) is 0 Å². The van der Waals surface area contributed by atoms with Crippen molar-refractivity contribution in [1.29, 1.82) is 0 Å². The lowest BCUT2D eigenvalue weighted by atomic mass is 10.00. The standard InChI is InChI=1S/C27H28F2N2O7S/c1-27(39(2,35)36,26(34)30-38-22-5-3-4-14-37-22)11-13-31-12-10-18-15-17(6-9-21(18)25(31)33)20-8-7-19(16-32)23(28)24(20)29/h6-10,12,15-16,22H,3-5,11,13-14H2,1-2H3,(H,30,34)/t22?,27-/m1/s1. The molecule has 1 fully saturated rings. The Balaban J connectivity index is 1.56. The second-order valence-electron chi connectivity index (χ2n) is 9.66. The number of aryl methyl sites for hydroxylation is 1. The van der Waals surface area contributed by atoms with E-state index in [9.17, 15) is 31.6 Å². The Kier molecular flexibility index (Phi) is 8.28. The van der Waals surface area contributed by atoms with Gasteiger partial charge in [0.05, 0.1) is 5.56 Å². The van der Waals surface area contributed by atoms with Crippen LogP contribution in [0.1, 0.15) is 43.0 Å². The van der Waals surface area contributed by atoms with E-state index in [2.05, 4.69) is 5.48 Å². The average molecular weight is 563 g/mol. The number of hydroxylamine groups is 1. The first-order chi connectivity index (χ1) is 18.5. The summed E-state index contributed by atoms with van der Waals surface area (Å²) in [5.41, 5.74) is 1.59. The number of aromatic nitrogens is 1. The number of nitrogens with zero attached hydrogens (tertiary/aromatic N) is 1. The van der Waals surface area contributed by atoms with Crippen molar-refractivity contribution in [1.82, 2.24) is 10.0 Å². The minimum atomic E-state index is -3.93. The topological polar surface area (TPSA) is 121 Å². The van der Waals surface area contributed by atoms with Gasteiger partial charge >= 0.3 is 0 Å². The fraction of sp³-hybridized carbons (Fsp3) is 0.370. The van der Waals surface area contributed by atoms with Crippen molar-refractivity contribution in [2.24, 2.45) is 0 Å². The first-order valence-electron chi connectivity index (χ1n) is 12.3. The molecule has 0 bridgehead atoms. The molecule has 1 aliphatic heterocycles. The number of sulfone groups is 1. The highest BCUT2D eigenvalue weighted by atomic mass is 32.2. The lowest BCUT2D eigenvalue weighted by Gasteiger charge is -2.28. The maximum absolute atomic E-state index is 14.5. The van der Waals surface area contributed by atoms with Crippen LogP contribution in [-0.2, 0) is 30.8 Å². The molecule has 1 amide bonds. The van der Waals surface area contributed by atoms with E-state index < -0.39 is 49.5 Å². The second kappa shape index (κ2) is 11.3. The molecule has 3 aromatic rings. The molecule has 39 heavy (non-hydrogen) atoms. The number of amides is 1. The molecule has 208 valence electrons. The Morgan fingerprint density at radius 2 is 1.97 bits per heavy atom. The Bertz CT molecular complexity index is 1580. The van der Waals surface area contributed by atoms with Gasteiger partial charge in [-0.25, -0.2) is 27.5 Å². The van der Waals surface area contributed by atoms with Crippen molar-refractivity contribution in [2.45, 2.75) is 50.2 Å². The number of carbonyl (C=O) groups excluding carboxylic acids is 2. The van der Waals surface area contributed by atoms with Crippen LogP contribution in [0.15, 0.2) is 47.4 Å². The lowest BCUT2D eigenvalue weighted by molar-refractivity contribution is -0.201. The van der Waals surface area contributed by atoms with E-state index in [0.717, 1.165) is 19.1 Å². The Labute approximate surface area is 223 Å². The fourth-order valence-corrected chi connectivity index (χ4v) is 5.18. The molecule has 1 aromatic heterocycles. The smallest absolute Gasteiger partial charge is 0.264 e. The second-order valence-corrected chi connectivity index (χ2v) is 12.1. The van der Waals surface area contributed by atoms with Gasteiger partial charge in [0.25, 0.3) is 11.5 Å². The summed E-state index contributed by atoms with van der Waals surface area (Å²) >= 11 is 0. The van der Waals surface area contributed by atoms with E-state index in [1.165, 1.54) is 48.0 Å². The largest absolute Gasteiger partial charge is 0.350 e. The number of hydrogen-bond donors (Lipinski definition) is 1. The van der Waals surface area contributed by atoms with Gasteiger partial charge < -0.3 is 9.30 Å². The maximum atomic E-state index is 14.5. The summed E-state index contributed by atoms with van der Waals surface area (Å²) < 4.78 is 58.6. The number of hydrogen-bond acceptors (Lipinski definition) is 7. The van der Waals surface area contributed by atoms with E-state index in [-0.39, 0.29) is 30.2 Å². The van der Waals surface area contributed by atoms with Crippen LogP contribution in [0.5, 0.6) is 0 Å². The number of aldehydes is 1. The van der Waals surface area contributed by atoms with Gasteiger partial charge in [-0.15, -0.1) is 0 Å². The zero-order chi connectivity index (χ0) is 28.4. The molecular formula is C27H28F2N2O7S. The van der Waals surface area contributed by atoms with Gasteiger partial charge in [0.15, 0.2) is 38.8 Å². The first-order valence-corrected chi connectivity index (χ1v) is 14.2. The van der Waals surface area contributed by atoms with Crippen LogP contribution in [0.2, 0.25) is 0 Å². The predicted molar refractivity (Wildman–Crippen MR) is 140 cm³/mol. The number of nitrogens with one attached hydrogen (secondary N) is 1. The van der Waals surface area contributed by atoms with Gasteiger partial charge in [-0.05, 0) is 61.4 Å². The van der Waals surface area contributed by atoms with Crippen LogP contribution in [0.4, 0.5) is 8.78 Å². The minimum absolute atomic E-state index is 0.0695. The summed E-state index contributed by atoms with van der Waals surface area (Å²) in [4.78, 5) is 42.2. The highest BCUT2D eigenvalue weighted by Gasteiger charge is 2.44. The van der Waals surface area contributed by atoms with Crippen molar-refractivity contribution in [3.63, 3.8) is 0 Å². The molecule has 2 aromatic carbocycles. The SMILES string of the molecule is C[C@@](CCn1ccc2cc(-c3ccc(C=O)c(F)c3F)ccc2c1=O)(C(=O)NOC1CCCCO1)S(C)(=O)=O. The normalized spacial score (nSPS) is 17.5. The molecule has 1 saturated heterocycles. The first kappa shape index (κ1) is 28.5. The van der Waals surface area contributed by atoms with Gasteiger partial charge in [-0.3, -0.25) is 14.4 Å². The van der Waals surface area contributed by atoms with Crippen LogP contribution < -0.4 is 11.0 Å². The lowest BCUT2D eigenvalue weighted by Crippen LogP contribution is -2.51. The third-order valence-electron chi connectivity index (χ3n) is 7.08. The van der Waals surface area contributed by atoms with E-state index in [1.54, 1.807) is 6.07 Å². The van der Waals surface area contributed by atoms with Gasteiger partial charge in [0, 0.05) is 43.0 Å². The number of ether oxygens (including phenoxy) is 1. The number of carbonyl (C=O) groups is 2. The Morgan fingerprint density at radius 3 is 2.64 bits per heavy atom. The zero-order valence-corrected chi connectivity index (χ0v) is 22.2. The van der Waals surface area contributed by atoms with Crippen LogP contribution in [0.3, 0.4) is 0 Å². The Morgan fingerprint density at radius 1 is 1.21 bits per heavy atom. The Hall–Kier alpha value is -3.48. The molecule has 1 N–H and O–H groups in total. The highest BCUT2D eigenvalue weighted by molar-refractivity contribution is 7.92. The van der Waals surface area contributed by atoms with Crippen LogP contribution in [-0.4, -0.2) is 49.1 Å². The number of halogens is 2. The van der Waals surface area contributed by atoms with Crippen molar-refractivity contribution in [2.75, 3.05) is 12.9 Å². The van der Waals surface area contributed by atoms with Crippen molar-refractivity contribution < 1.29 is 36.4 Å². The third-order valence-corrected chi connectivity index (χ3v) is 9.10. The van der Waals surface area contributed by atoms with E-state index in [0.29, 0.717) is 24.0 Å². The van der Waals surface area contributed by atoms with E-state index >= 15 is 0 Å². The quantitative estimate of drug-likeness (QED) is 0.313. The maximum Gasteiger partial charge on any atom is 0.264 e. The minimum Gasteiger partial charge on any atom is -0.350 e. The molecule has 0 aliphatic carbocycles. The summed E-state index contributed by atoms with van der Waals surface area (Å²) in [5.74, 6) is -3.30. The highest BCUT2D eigenvalue weighted by Crippen LogP contribution is 2.28. The third kappa shape index (κ3) is 5.77. The molecule has 0 saturated carbocycles. The van der Waals surface area contributed by atoms with Gasteiger partial charge in [0.1, 0.15) is 0 Å². The van der Waals surface area contributed by atoms with Crippen molar-refractivity contribution >= 4 is 32.8 Å². The molecule has 2 heterocycles. The fourth-order valence-electron chi connectivity index (χ4n) is 4.34. The van der Waals surface area contributed by atoms with Crippen LogP contribution >= 0.6 is 0 Å². The van der Waals surface area contributed by atoms with Crippen LogP contribution in [0, 0.1) is 11.6 Å². The number of rotatable bonds is 9. The summed E-state index contributed by atoms with van der Waals surface area (Å²) in [5, 5.41) is 0.701.